The highest BCUT2D eigenvalue weighted by molar-refractivity contribution is 6.21. The molecule has 0 unspecified atom stereocenters. The van der Waals surface area contributed by atoms with Gasteiger partial charge in [0.25, 0.3) is 11.8 Å². The van der Waals surface area contributed by atoms with Crippen molar-refractivity contribution >= 4 is 23.4 Å². The van der Waals surface area contributed by atoms with Gasteiger partial charge in [0.1, 0.15) is 12.4 Å². The summed E-state index contributed by atoms with van der Waals surface area (Å²) in [6, 6.07) is 13.8. The molecule has 3 amide bonds. The van der Waals surface area contributed by atoms with Crippen LogP contribution in [0.3, 0.4) is 0 Å². The van der Waals surface area contributed by atoms with Gasteiger partial charge in [0.05, 0.1) is 35.6 Å². The van der Waals surface area contributed by atoms with E-state index in [-0.39, 0.29) is 30.9 Å². The number of carbonyl (C=O) groups excluding carboxylic acids is 3. The van der Waals surface area contributed by atoms with Crippen LogP contribution in [-0.4, -0.2) is 48.0 Å². The van der Waals surface area contributed by atoms with Crippen LogP contribution in [0.2, 0.25) is 0 Å². The van der Waals surface area contributed by atoms with E-state index in [0.29, 0.717) is 29.2 Å². The zero-order valence-electron chi connectivity index (χ0n) is 16.7. The molecule has 0 aromatic heterocycles. The number of imide groups is 1. The van der Waals surface area contributed by atoms with E-state index in [2.05, 4.69) is 5.32 Å². The molecule has 2 aromatic rings. The summed E-state index contributed by atoms with van der Waals surface area (Å²) in [5.74, 6) is -0.478. The summed E-state index contributed by atoms with van der Waals surface area (Å²) in [7, 11) is 0. The normalized spacial score (nSPS) is 13.4. The number of para-hydroxylation sites is 2. The average Bonchev–Trinajstić information content (AvgIpc) is 2.95. The highest BCUT2D eigenvalue weighted by Gasteiger charge is 2.44. The van der Waals surface area contributed by atoms with Gasteiger partial charge < -0.3 is 14.8 Å². The fraction of sp³-hybridized carbons (Fsp3) is 0.318. The topological polar surface area (TPSA) is 84.9 Å². The Hall–Kier alpha value is -3.19. The fourth-order valence-electron chi connectivity index (χ4n) is 3.23. The first-order valence-electron chi connectivity index (χ1n) is 9.42. The van der Waals surface area contributed by atoms with E-state index in [0.717, 1.165) is 0 Å². The van der Waals surface area contributed by atoms with Gasteiger partial charge in [-0.25, -0.2) is 0 Å². The van der Waals surface area contributed by atoms with Crippen LogP contribution in [0, 0.1) is 0 Å². The van der Waals surface area contributed by atoms with E-state index in [1.807, 2.05) is 13.0 Å². The van der Waals surface area contributed by atoms with Gasteiger partial charge in [-0.1, -0.05) is 24.3 Å². The Labute approximate surface area is 169 Å². The first kappa shape index (κ1) is 20.5. The van der Waals surface area contributed by atoms with Crippen molar-refractivity contribution in [2.75, 3.05) is 25.1 Å². The molecular weight excluding hydrogens is 372 g/mol. The second-order valence-electron chi connectivity index (χ2n) is 7.27. The summed E-state index contributed by atoms with van der Waals surface area (Å²) < 4.78 is 11.0. The van der Waals surface area contributed by atoms with Crippen LogP contribution >= 0.6 is 0 Å². The molecule has 29 heavy (non-hydrogen) atoms. The average molecular weight is 396 g/mol. The number of ether oxygens (including phenoxy) is 2. The van der Waals surface area contributed by atoms with Crippen molar-refractivity contribution in [1.82, 2.24) is 4.90 Å². The Balaban J connectivity index is 1.58. The van der Waals surface area contributed by atoms with Crippen LogP contribution in [0.1, 0.15) is 41.5 Å². The molecule has 1 heterocycles. The summed E-state index contributed by atoms with van der Waals surface area (Å²) in [5.41, 5.74) is 0.422. The Morgan fingerprint density at radius 2 is 1.59 bits per heavy atom. The van der Waals surface area contributed by atoms with Crippen LogP contribution in [0.4, 0.5) is 5.69 Å². The van der Waals surface area contributed by atoms with Gasteiger partial charge in [-0.15, -0.1) is 0 Å². The molecule has 0 saturated heterocycles. The molecule has 1 aliphatic rings. The van der Waals surface area contributed by atoms with Crippen molar-refractivity contribution in [3.8, 4) is 5.75 Å². The Kier molecular flexibility index (Phi) is 5.98. The molecule has 0 aliphatic carbocycles. The number of rotatable bonds is 8. The smallest absolute Gasteiger partial charge is 0.262 e. The Morgan fingerprint density at radius 1 is 1.00 bits per heavy atom. The summed E-state index contributed by atoms with van der Waals surface area (Å²) in [6.45, 7) is 5.63. The number of nitrogens with one attached hydrogen (secondary N) is 1. The maximum atomic E-state index is 12.6. The molecule has 3 rings (SSSR count). The molecule has 0 atom stereocenters. The molecule has 152 valence electrons. The first-order chi connectivity index (χ1) is 13.8. The molecule has 7 heteroatoms. The number of carbonyl (C=O) groups is 3. The van der Waals surface area contributed by atoms with E-state index >= 15 is 0 Å². The van der Waals surface area contributed by atoms with Crippen LogP contribution in [-0.2, 0) is 9.53 Å². The molecule has 1 aliphatic heterocycles. The summed E-state index contributed by atoms with van der Waals surface area (Å²) in [5, 5.41) is 2.75. The quantitative estimate of drug-likeness (QED) is 0.693. The van der Waals surface area contributed by atoms with Crippen molar-refractivity contribution < 1.29 is 23.9 Å². The van der Waals surface area contributed by atoms with E-state index < -0.39 is 5.54 Å². The zero-order valence-corrected chi connectivity index (χ0v) is 16.7. The molecule has 0 spiro atoms. The van der Waals surface area contributed by atoms with E-state index in [4.69, 9.17) is 9.47 Å². The van der Waals surface area contributed by atoms with E-state index in [1.54, 1.807) is 56.3 Å². The Bertz CT molecular complexity index is 903. The highest BCUT2D eigenvalue weighted by Crippen LogP contribution is 2.29. The van der Waals surface area contributed by atoms with Gasteiger partial charge in [-0.2, -0.15) is 0 Å². The maximum absolute atomic E-state index is 12.6. The monoisotopic (exact) mass is 396 g/mol. The first-order valence-corrected chi connectivity index (χ1v) is 9.42. The van der Waals surface area contributed by atoms with Crippen LogP contribution < -0.4 is 10.1 Å². The lowest BCUT2D eigenvalue weighted by Crippen LogP contribution is -2.50. The Morgan fingerprint density at radius 3 is 2.21 bits per heavy atom. The summed E-state index contributed by atoms with van der Waals surface area (Å²) in [4.78, 5) is 38.7. The molecule has 7 nitrogen and oxygen atoms in total. The minimum atomic E-state index is -0.906. The van der Waals surface area contributed by atoms with Crippen molar-refractivity contribution in [3.63, 3.8) is 0 Å². The third-order valence-electron chi connectivity index (χ3n) is 4.55. The summed E-state index contributed by atoms with van der Waals surface area (Å²) in [6.07, 6.45) is 0. The lowest BCUT2D eigenvalue weighted by Gasteiger charge is -2.33. The number of nitrogens with zero attached hydrogens (tertiary/aromatic N) is 1. The molecule has 0 fully saturated rings. The minimum absolute atomic E-state index is 0.0268. The largest absolute Gasteiger partial charge is 0.492 e. The molecule has 0 bridgehead atoms. The SMILES string of the molecule is CCOc1ccccc1NC(=O)COCC(C)(C)N1C(=O)c2ccccc2C1=O. The van der Waals surface area contributed by atoms with Gasteiger partial charge in [0.2, 0.25) is 5.91 Å². The van der Waals surface area contributed by atoms with E-state index in [9.17, 15) is 14.4 Å². The highest BCUT2D eigenvalue weighted by atomic mass is 16.5. The second-order valence-corrected chi connectivity index (χ2v) is 7.27. The molecular formula is C22H24N2O5. The second kappa shape index (κ2) is 8.45. The van der Waals surface area contributed by atoms with E-state index in [1.165, 1.54) is 4.90 Å². The van der Waals surface area contributed by atoms with Crippen molar-refractivity contribution in [2.45, 2.75) is 26.3 Å². The van der Waals surface area contributed by atoms with Gasteiger partial charge >= 0.3 is 0 Å². The maximum Gasteiger partial charge on any atom is 0.262 e. The minimum Gasteiger partial charge on any atom is -0.492 e. The molecule has 0 saturated carbocycles. The zero-order chi connectivity index (χ0) is 21.0. The lowest BCUT2D eigenvalue weighted by molar-refractivity contribution is -0.121. The van der Waals surface area contributed by atoms with Gasteiger partial charge in [0, 0.05) is 0 Å². The number of amides is 3. The van der Waals surface area contributed by atoms with Crippen LogP contribution in [0.5, 0.6) is 5.75 Å². The van der Waals surface area contributed by atoms with Crippen LogP contribution in [0.25, 0.3) is 0 Å². The molecule has 1 N–H and O–H groups in total. The van der Waals surface area contributed by atoms with Crippen molar-refractivity contribution in [1.29, 1.82) is 0 Å². The standard InChI is InChI=1S/C22H24N2O5/c1-4-29-18-12-8-7-11-17(18)23-19(25)13-28-14-22(2,3)24-20(26)15-9-5-6-10-16(15)21(24)27/h5-12H,4,13-14H2,1-3H3,(H,23,25). The lowest BCUT2D eigenvalue weighted by atomic mass is 10.0. The fourth-order valence-corrected chi connectivity index (χ4v) is 3.23. The van der Waals surface area contributed by atoms with Crippen molar-refractivity contribution in [2.24, 2.45) is 0 Å². The predicted molar refractivity (Wildman–Crippen MR) is 108 cm³/mol. The van der Waals surface area contributed by atoms with Crippen LogP contribution in [0.15, 0.2) is 48.5 Å². The number of benzene rings is 2. The number of fused-ring (bicyclic) bond motifs is 1. The third kappa shape index (κ3) is 4.30. The van der Waals surface area contributed by atoms with Gasteiger partial charge in [0.15, 0.2) is 0 Å². The van der Waals surface area contributed by atoms with Gasteiger partial charge in [-0.05, 0) is 45.0 Å². The number of anilines is 1. The van der Waals surface area contributed by atoms with Gasteiger partial charge in [-0.3, -0.25) is 19.3 Å². The predicted octanol–water partition coefficient (Wildman–Crippen LogP) is 3.12. The third-order valence-corrected chi connectivity index (χ3v) is 4.55. The van der Waals surface area contributed by atoms with Crippen molar-refractivity contribution in [3.05, 3.63) is 59.7 Å². The summed E-state index contributed by atoms with van der Waals surface area (Å²) >= 11 is 0. The number of hydrogen-bond donors (Lipinski definition) is 1. The molecule has 0 radical (unpaired) electrons. The molecule has 2 aromatic carbocycles. The number of hydrogen-bond acceptors (Lipinski definition) is 5.